The first-order valence-electron chi connectivity index (χ1n) is 4.43. The quantitative estimate of drug-likeness (QED) is 0.367. The van der Waals surface area contributed by atoms with Gasteiger partial charge in [-0.05, 0) is 6.42 Å². The molecule has 2 unspecified atom stereocenters. The highest BCUT2D eigenvalue weighted by Crippen LogP contribution is 2.11. The van der Waals surface area contributed by atoms with Gasteiger partial charge in [-0.25, -0.2) is 0 Å². The molecule has 0 aromatic carbocycles. The lowest BCUT2D eigenvalue weighted by molar-refractivity contribution is 0.0991. The molecule has 0 fully saturated rings. The number of rotatable bonds is 8. The standard InChI is InChI=1S/C8H15Cl2NO2Si/c9-6-7(10)8(13-14)2-5-12-4-1-3-11/h7-8H,1-2,4-6H2,14H3. The smallest absolute Gasteiger partial charge is 0.146 e. The molecule has 0 bridgehead atoms. The molecule has 0 aromatic heterocycles. The Morgan fingerprint density at radius 3 is 2.64 bits per heavy atom. The summed E-state index contributed by atoms with van der Waals surface area (Å²) in [6, 6.07) is 2.01. The fourth-order valence-electron chi connectivity index (χ4n) is 0.965. The van der Waals surface area contributed by atoms with Crippen LogP contribution in [0.25, 0.3) is 0 Å². The fraction of sp³-hybridized carbons (Fsp3) is 0.875. The number of nitrogens with zero attached hydrogens (tertiary/aromatic N) is 1. The van der Waals surface area contributed by atoms with Crippen molar-refractivity contribution in [3.05, 3.63) is 0 Å². The molecule has 0 spiro atoms. The van der Waals surface area contributed by atoms with Crippen molar-refractivity contribution in [2.24, 2.45) is 0 Å². The van der Waals surface area contributed by atoms with Gasteiger partial charge in [-0.1, -0.05) is 0 Å². The molecule has 0 aromatic rings. The predicted octanol–water partition coefficient (Wildman–Crippen LogP) is 0.819. The van der Waals surface area contributed by atoms with Crippen LogP contribution in [0.2, 0.25) is 0 Å². The maximum Gasteiger partial charge on any atom is 0.146 e. The van der Waals surface area contributed by atoms with Crippen LogP contribution in [0.4, 0.5) is 0 Å². The molecule has 0 aliphatic heterocycles. The number of hydrogen-bond donors (Lipinski definition) is 0. The molecule has 0 radical (unpaired) electrons. The number of ether oxygens (including phenoxy) is 1. The van der Waals surface area contributed by atoms with Gasteiger partial charge in [-0.2, -0.15) is 5.26 Å². The van der Waals surface area contributed by atoms with E-state index in [0.29, 0.717) is 36.0 Å². The first-order chi connectivity index (χ1) is 6.76. The predicted molar refractivity (Wildman–Crippen MR) is 60.8 cm³/mol. The van der Waals surface area contributed by atoms with E-state index in [9.17, 15) is 0 Å². The lowest BCUT2D eigenvalue weighted by Crippen LogP contribution is -2.27. The van der Waals surface area contributed by atoms with Gasteiger partial charge in [0, 0.05) is 12.5 Å². The maximum atomic E-state index is 8.26. The van der Waals surface area contributed by atoms with Crippen molar-refractivity contribution >= 4 is 33.7 Å². The molecule has 0 rings (SSSR count). The molecule has 0 aliphatic rings. The van der Waals surface area contributed by atoms with Crippen molar-refractivity contribution in [1.82, 2.24) is 0 Å². The second-order valence-electron chi connectivity index (χ2n) is 2.75. The van der Waals surface area contributed by atoms with Crippen molar-refractivity contribution in [3.63, 3.8) is 0 Å². The SMILES string of the molecule is N#CCCOCCC(O[SiH3])C(Cl)CCl. The summed E-state index contributed by atoms with van der Waals surface area (Å²) < 4.78 is 10.5. The van der Waals surface area contributed by atoms with Crippen LogP contribution in [0, 0.1) is 11.3 Å². The van der Waals surface area contributed by atoms with E-state index in [1.165, 1.54) is 0 Å². The van der Waals surface area contributed by atoms with E-state index in [4.69, 9.17) is 37.6 Å². The average molecular weight is 256 g/mol. The number of hydrogen-bond acceptors (Lipinski definition) is 3. The van der Waals surface area contributed by atoms with Crippen molar-refractivity contribution in [2.45, 2.75) is 24.3 Å². The van der Waals surface area contributed by atoms with Gasteiger partial charge >= 0.3 is 0 Å². The molecule has 82 valence electrons. The summed E-state index contributed by atoms with van der Waals surface area (Å²) in [7, 11) is 0.644. The Hall–Kier alpha value is 0.207. The molecular weight excluding hydrogens is 241 g/mol. The molecule has 0 saturated carbocycles. The van der Waals surface area contributed by atoms with Crippen LogP contribution in [0.5, 0.6) is 0 Å². The Morgan fingerprint density at radius 2 is 2.14 bits per heavy atom. The summed E-state index contributed by atoms with van der Waals surface area (Å²) in [5.41, 5.74) is 0. The van der Waals surface area contributed by atoms with E-state index >= 15 is 0 Å². The third kappa shape index (κ3) is 6.63. The Kier molecular flexibility index (Phi) is 9.89. The highest BCUT2D eigenvalue weighted by Gasteiger charge is 2.16. The van der Waals surface area contributed by atoms with Crippen LogP contribution < -0.4 is 0 Å². The van der Waals surface area contributed by atoms with E-state index in [1.807, 2.05) is 6.07 Å². The lowest BCUT2D eigenvalue weighted by Gasteiger charge is -2.19. The molecule has 0 amide bonds. The van der Waals surface area contributed by atoms with Crippen LogP contribution in [0.15, 0.2) is 0 Å². The van der Waals surface area contributed by atoms with Crippen LogP contribution in [0.1, 0.15) is 12.8 Å². The van der Waals surface area contributed by atoms with Crippen molar-refractivity contribution < 1.29 is 9.16 Å². The minimum atomic E-state index is -0.159. The molecule has 0 saturated heterocycles. The van der Waals surface area contributed by atoms with E-state index in [0.717, 1.165) is 6.42 Å². The topological polar surface area (TPSA) is 42.2 Å². The van der Waals surface area contributed by atoms with Crippen LogP contribution in [-0.4, -0.2) is 41.1 Å². The molecule has 2 atom stereocenters. The first kappa shape index (κ1) is 14.2. The van der Waals surface area contributed by atoms with Gasteiger partial charge in [0.1, 0.15) is 10.5 Å². The second kappa shape index (κ2) is 9.75. The van der Waals surface area contributed by atoms with Crippen LogP contribution in [-0.2, 0) is 9.16 Å². The Bertz CT molecular complexity index is 177. The monoisotopic (exact) mass is 255 g/mol. The zero-order chi connectivity index (χ0) is 10.8. The first-order valence-corrected chi connectivity index (χ1v) is 6.22. The van der Waals surface area contributed by atoms with Crippen molar-refractivity contribution in [1.29, 1.82) is 5.26 Å². The van der Waals surface area contributed by atoms with E-state index in [2.05, 4.69) is 0 Å². The zero-order valence-electron chi connectivity index (χ0n) is 8.21. The molecular formula is C8H15Cl2NO2Si. The minimum absolute atomic E-state index is 0.0251. The van der Waals surface area contributed by atoms with Crippen molar-refractivity contribution in [2.75, 3.05) is 19.1 Å². The highest BCUT2D eigenvalue weighted by atomic mass is 35.5. The third-order valence-corrected chi connectivity index (χ3v) is 3.29. The molecule has 0 N–H and O–H groups in total. The lowest BCUT2D eigenvalue weighted by atomic mass is 10.2. The Balaban J connectivity index is 3.48. The summed E-state index contributed by atoms with van der Waals surface area (Å²) in [4.78, 5) is 0. The molecule has 14 heavy (non-hydrogen) atoms. The second-order valence-corrected chi connectivity index (χ2v) is 4.09. The number of alkyl halides is 2. The zero-order valence-corrected chi connectivity index (χ0v) is 11.7. The van der Waals surface area contributed by atoms with Gasteiger partial charge in [0.2, 0.25) is 0 Å². The van der Waals surface area contributed by atoms with Crippen LogP contribution >= 0.6 is 23.2 Å². The van der Waals surface area contributed by atoms with Crippen molar-refractivity contribution in [3.8, 4) is 6.07 Å². The summed E-state index contributed by atoms with van der Waals surface area (Å²) in [6.45, 7) is 1.03. The van der Waals surface area contributed by atoms with Gasteiger partial charge in [0.15, 0.2) is 0 Å². The Labute approximate surface area is 97.8 Å². The highest BCUT2D eigenvalue weighted by molar-refractivity contribution is 6.28. The fourth-order valence-corrected chi connectivity index (χ4v) is 2.13. The Morgan fingerprint density at radius 1 is 1.43 bits per heavy atom. The normalized spacial score (nSPS) is 14.9. The molecule has 0 heterocycles. The van der Waals surface area contributed by atoms with E-state index < -0.39 is 0 Å². The average Bonchev–Trinajstić information content (AvgIpc) is 2.22. The van der Waals surface area contributed by atoms with Gasteiger partial charge in [0.25, 0.3) is 0 Å². The van der Waals surface area contributed by atoms with Gasteiger partial charge < -0.3 is 9.16 Å². The largest absolute Gasteiger partial charge is 0.423 e. The summed E-state index contributed by atoms with van der Waals surface area (Å²) >= 11 is 11.5. The number of halogens is 2. The van der Waals surface area contributed by atoms with Gasteiger partial charge in [0.05, 0.1) is 30.6 Å². The molecule has 6 heteroatoms. The maximum absolute atomic E-state index is 8.26. The van der Waals surface area contributed by atoms with E-state index in [-0.39, 0.29) is 11.5 Å². The molecule has 0 aliphatic carbocycles. The summed E-state index contributed by atoms with van der Waals surface area (Å²) in [5, 5.41) is 8.10. The van der Waals surface area contributed by atoms with Gasteiger partial charge in [-0.3, -0.25) is 0 Å². The minimum Gasteiger partial charge on any atom is -0.423 e. The third-order valence-electron chi connectivity index (χ3n) is 1.76. The van der Waals surface area contributed by atoms with Gasteiger partial charge in [-0.15, -0.1) is 23.2 Å². The number of nitriles is 1. The summed E-state index contributed by atoms with van der Waals surface area (Å²) in [6.07, 6.45) is 1.13. The molecule has 3 nitrogen and oxygen atoms in total. The summed E-state index contributed by atoms with van der Waals surface area (Å²) in [5.74, 6) is 0.382. The van der Waals surface area contributed by atoms with E-state index in [1.54, 1.807) is 0 Å². The van der Waals surface area contributed by atoms with Crippen LogP contribution in [0.3, 0.4) is 0 Å².